The highest BCUT2D eigenvalue weighted by atomic mass is 16.3. The van der Waals surface area contributed by atoms with Crippen LogP contribution in [0.15, 0.2) is 239 Å². The van der Waals surface area contributed by atoms with Crippen molar-refractivity contribution in [2.24, 2.45) is 15.9 Å². The summed E-state index contributed by atoms with van der Waals surface area (Å²) in [5.74, 6) is 1.68. The molecular formula is C65H42N4O. The van der Waals surface area contributed by atoms with Crippen LogP contribution in [0.4, 0.5) is 0 Å². The molecule has 3 aliphatic rings. The summed E-state index contributed by atoms with van der Waals surface area (Å²) >= 11 is 0. The number of nitrogens with zero attached hydrogens (tertiary/aromatic N) is 4. The van der Waals surface area contributed by atoms with Crippen LogP contribution in [0.25, 0.3) is 104 Å². The van der Waals surface area contributed by atoms with Crippen molar-refractivity contribution < 1.29 is 4.42 Å². The third-order valence-corrected chi connectivity index (χ3v) is 15.1. The van der Waals surface area contributed by atoms with Crippen LogP contribution < -0.4 is 0 Å². The largest absolute Gasteiger partial charge is 0.456 e. The Morgan fingerprint density at radius 2 is 1.16 bits per heavy atom. The maximum atomic E-state index is 6.92. The average Bonchev–Trinajstić information content (AvgIpc) is 3.88. The maximum absolute atomic E-state index is 6.92. The van der Waals surface area contributed by atoms with E-state index in [0.717, 1.165) is 83.1 Å². The fraction of sp³-hybridized carbons (Fsp3) is 0.0462. The van der Waals surface area contributed by atoms with Crippen LogP contribution in [0, 0.1) is 5.92 Å². The molecule has 0 amide bonds. The Labute approximate surface area is 403 Å². The SMILES string of the molecule is CN1C=C(c2cc3c(cc2-n2c4ccccc4c4cc5ccccc5cc42)oc2ccc4ccccc4c23)N=C(C2=Cc3ccccc3C3C=CC=CC23)N=C1c1cc2ccccc2c2ccccc12. The van der Waals surface area contributed by atoms with Gasteiger partial charge in [0, 0.05) is 69.4 Å². The van der Waals surface area contributed by atoms with Crippen molar-refractivity contribution in [3.05, 3.63) is 246 Å². The van der Waals surface area contributed by atoms with E-state index in [0.29, 0.717) is 5.84 Å². The predicted octanol–water partition coefficient (Wildman–Crippen LogP) is 16.3. The first kappa shape index (κ1) is 39.0. The lowest BCUT2D eigenvalue weighted by molar-refractivity contribution is 0.669. The van der Waals surface area contributed by atoms with E-state index < -0.39 is 0 Å². The Bertz CT molecular complexity index is 4460. The maximum Gasteiger partial charge on any atom is 0.158 e. The van der Waals surface area contributed by atoms with E-state index in [4.69, 9.17) is 14.4 Å². The quantitative estimate of drug-likeness (QED) is 0.165. The summed E-state index contributed by atoms with van der Waals surface area (Å²) < 4.78 is 9.34. The molecule has 12 aromatic rings. The summed E-state index contributed by atoms with van der Waals surface area (Å²) in [7, 11) is 2.13. The molecule has 0 N–H and O–H groups in total. The molecule has 2 atom stereocenters. The predicted molar refractivity (Wildman–Crippen MR) is 293 cm³/mol. The van der Waals surface area contributed by atoms with Crippen molar-refractivity contribution in [3.8, 4) is 5.69 Å². The van der Waals surface area contributed by atoms with E-state index in [-0.39, 0.29) is 11.8 Å². The first-order chi connectivity index (χ1) is 34.6. The topological polar surface area (TPSA) is 46.0 Å². The molecule has 0 saturated heterocycles. The number of aromatic nitrogens is 1. The molecule has 2 unspecified atom stereocenters. The van der Waals surface area contributed by atoms with Crippen LogP contribution in [-0.4, -0.2) is 28.2 Å². The highest BCUT2D eigenvalue weighted by Gasteiger charge is 2.34. The average molecular weight is 895 g/mol. The fourth-order valence-corrected chi connectivity index (χ4v) is 11.9. The van der Waals surface area contributed by atoms with E-state index in [9.17, 15) is 0 Å². The Kier molecular flexibility index (Phi) is 8.34. The molecule has 2 aromatic heterocycles. The van der Waals surface area contributed by atoms with E-state index in [1.54, 1.807) is 0 Å². The van der Waals surface area contributed by atoms with Gasteiger partial charge in [-0.15, -0.1) is 0 Å². The first-order valence-corrected chi connectivity index (χ1v) is 24.1. The van der Waals surface area contributed by atoms with E-state index in [2.05, 4.69) is 241 Å². The second-order valence-electron chi connectivity index (χ2n) is 18.9. The van der Waals surface area contributed by atoms with Gasteiger partial charge in [-0.3, -0.25) is 0 Å². The molecule has 15 rings (SSSR count). The zero-order valence-electron chi connectivity index (χ0n) is 38.2. The number of aliphatic imine (C=N–C) groups is 2. The Morgan fingerprint density at radius 3 is 2.01 bits per heavy atom. The van der Waals surface area contributed by atoms with Crippen LogP contribution in [0.2, 0.25) is 0 Å². The van der Waals surface area contributed by atoms with Gasteiger partial charge < -0.3 is 13.9 Å². The lowest BCUT2D eigenvalue weighted by Gasteiger charge is -2.32. The van der Waals surface area contributed by atoms with Crippen molar-refractivity contribution in [2.75, 3.05) is 7.05 Å². The minimum atomic E-state index is 0.0263. The summed E-state index contributed by atoms with van der Waals surface area (Å²) in [6, 6.07) is 68.0. The lowest BCUT2D eigenvalue weighted by atomic mass is 9.72. The molecule has 0 spiro atoms. The number of amidine groups is 2. The van der Waals surface area contributed by atoms with Crippen molar-refractivity contribution in [3.63, 3.8) is 0 Å². The number of fused-ring (bicyclic) bond motifs is 15. The third-order valence-electron chi connectivity index (χ3n) is 15.1. The molecule has 2 aliphatic carbocycles. The first-order valence-electron chi connectivity index (χ1n) is 24.1. The Morgan fingerprint density at radius 1 is 0.471 bits per heavy atom. The monoisotopic (exact) mass is 894 g/mol. The minimum Gasteiger partial charge on any atom is -0.456 e. The Balaban J connectivity index is 1.06. The third kappa shape index (κ3) is 5.79. The van der Waals surface area contributed by atoms with Crippen LogP contribution in [-0.2, 0) is 0 Å². The van der Waals surface area contributed by atoms with Crippen molar-refractivity contribution in [1.29, 1.82) is 0 Å². The molecule has 0 radical (unpaired) electrons. The van der Waals surface area contributed by atoms with Crippen LogP contribution in [0.1, 0.15) is 28.2 Å². The molecule has 5 nitrogen and oxygen atoms in total. The molecule has 1 aliphatic heterocycles. The normalized spacial score (nSPS) is 16.8. The number of hydrogen-bond acceptors (Lipinski definition) is 4. The van der Waals surface area contributed by atoms with Gasteiger partial charge in [0.15, 0.2) is 5.84 Å². The summed E-state index contributed by atoms with van der Waals surface area (Å²) in [5, 5.41) is 13.9. The number of benzene rings is 10. The van der Waals surface area contributed by atoms with Gasteiger partial charge in [-0.25, -0.2) is 9.98 Å². The van der Waals surface area contributed by atoms with Gasteiger partial charge in [0.2, 0.25) is 0 Å². The van der Waals surface area contributed by atoms with Crippen LogP contribution in [0.3, 0.4) is 0 Å². The number of para-hydroxylation sites is 1. The summed E-state index contributed by atoms with van der Waals surface area (Å²) in [5.41, 5.74) is 11.3. The van der Waals surface area contributed by atoms with Crippen molar-refractivity contribution in [1.82, 2.24) is 9.47 Å². The van der Waals surface area contributed by atoms with Crippen molar-refractivity contribution >= 4 is 110 Å². The molecular weight excluding hydrogens is 853 g/mol. The Hall–Kier alpha value is -9.06. The van der Waals surface area contributed by atoms with Gasteiger partial charge in [0.25, 0.3) is 0 Å². The summed E-state index contributed by atoms with van der Waals surface area (Å²) in [4.78, 5) is 13.9. The number of furan rings is 1. The van der Waals surface area contributed by atoms with Crippen LogP contribution in [0.5, 0.6) is 0 Å². The molecule has 5 heteroatoms. The number of allylic oxidation sites excluding steroid dienone is 4. The minimum absolute atomic E-state index is 0.0263. The number of rotatable bonds is 4. The molecule has 70 heavy (non-hydrogen) atoms. The molecule has 0 saturated carbocycles. The van der Waals surface area contributed by atoms with E-state index >= 15 is 0 Å². The lowest BCUT2D eigenvalue weighted by Crippen LogP contribution is -2.26. The number of hydrogen-bond donors (Lipinski definition) is 0. The van der Waals surface area contributed by atoms with Gasteiger partial charge in [-0.2, -0.15) is 0 Å². The molecule has 0 fully saturated rings. The van der Waals surface area contributed by atoms with Gasteiger partial charge in [0.05, 0.1) is 22.4 Å². The second-order valence-corrected chi connectivity index (χ2v) is 18.9. The zero-order chi connectivity index (χ0) is 46.0. The summed E-state index contributed by atoms with van der Waals surface area (Å²) in [6.45, 7) is 0. The fourth-order valence-electron chi connectivity index (χ4n) is 11.9. The van der Waals surface area contributed by atoms with Gasteiger partial charge in [-0.1, -0.05) is 170 Å². The van der Waals surface area contributed by atoms with Crippen molar-refractivity contribution in [2.45, 2.75) is 5.92 Å². The molecule has 0 bridgehead atoms. The van der Waals surface area contributed by atoms with Crippen LogP contribution >= 0.6 is 0 Å². The van der Waals surface area contributed by atoms with Gasteiger partial charge in [-0.05, 0) is 96.7 Å². The smallest absolute Gasteiger partial charge is 0.158 e. The second kappa shape index (κ2) is 15.0. The summed E-state index contributed by atoms with van der Waals surface area (Å²) in [6.07, 6.45) is 13.6. The standard InChI is InChI=1S/C65H42N4O/c1-68-38-57(66-64(53-33-42-19-5-7-21-44(42)47-24-10-12-26-49(47)53)67-65(68)54-34-43-20-6-8-22-45(43)48-25-11-13-27-50(48)54)55-36-56-62(70-61-31-30-39-16-4-9-23-46(39)63(56)61)37-60(55)69-58-29-15-14-28-51(58)52-32-40-17-2-3-18-41(40)35-59(52)69/h2-38,47,49H,1H3. The zero-order valence-corrected chi connectivity index (χ0v) is 38.2. The molecule has 328 valence electrons. The van der Waals surface area contributed by atoms with E-state index in [1.807, 2.05) is 0 Å². The molecule has 10 aromatic carbocycles. The molecule has 3 heterocycles. The van der Waals surface area contributed by atoms with E-state index in [1.165, 1.54) is 48.8 Å². The highest BCUT2D eigenvalue weighted by molar-refractivity contribution is 6.24. The van der Waals surface area contributed by atoms with Gasteiger partial charge in [0.1, 0.15) is 17.0 Å². The highest BCUT2D eigenvalue weighted by Crippen LogP contribution is 2.46. The van der Waals surface area contributed by atoms with Gasteiger partial charge >= 0.3 is 0 Å².